The first-order valence-corrected chi connectivity index (χ1v) is 7.74. The summed E-state index contributed by atoms with van der Waals surface area (Å²) in [4.78, 5) is 25.5. The summed E-state index contributed by atoms with van der Waals surface area (Å²) in [5.41, 5.74) is 0. The van der Waals surface area contributed by atoms with E-state index < -0.39 is 6.10 Å². The number of ketones is 1. The molecule has 0 radical (unpaired) electrons. The van der Waals surface area contributed by atoms with Crippen LogP contribution >= 0.6 is 0 Å². The minimum atomic E-state index is -0.514. The van der Waals surface area contributed by atoms with Crippen molar-refractivity contribution in [1.82, 2.24) is 4.90 Å². The topological polar surface area (TPSA) is 65.1 Å². The number of morpholine rings is 1. The van der Waals surface area contributed by atoms with Gasteiger partial charge in [-0.05, 0) is 19.3 Å². The summed E-state index contributed by atoms with van der Waals surface area (Å²) in [6, 6.07) is 0. The molecule has 1 fully saturated rings. The van der Waals surface area contributed by atoms with Crippen molar-refractivity contribution in [3.63, 3.8) is 0 Å². The Labute approximate surface area is 126 Å². The quantitative estimate of drug-likeness (QED) is 0.610. The molecular formula is C15H27NO5. The average Bonchev–Trinajstić information content (AvgIpc) is 2.51. The van der Waals surface area contributed by atoms with Crippen LogP contribution in [0.15, 0.2) is 0 Å². The molecule has 0 aliphatic carbocycles. The van der Waals surface area contributed by atoms with Crippen molar-refractivity contribution in [2.75, 3.05) is 40.0 Å². The van der Waals surface area contributed by atoms with E-state index in [-0.39, 0.29) is 11.9 Å². The van der Waals surface area contributed by atoms with Crippen LogP contribution in [0.3, 0.4) is 0 Å². The number of rotatable bonds is 9. The highest BCUT2D eigenvalue weighted by Crippen LogP contribution is 2.11. The Morgan fingerprint density at radius 1 is 1.24 bits per heavy atom. The summed E-state index contributed by atoms with van der Waals surface area (Å²) >= 11 is 0. The third-order valence-electron chi connectivity index (χ3n) is 3.43. The van der Waals surface area contributed by atoms with E-state index in [0.717, 1.165) is 25.7 Å². The van der Waals surface area contributed by atoms with E-state index in [0.29, 0.717) is 39.3 Å². The predicted molar refractivity (Wildman–Crippen MR) is 78.3 cm³/mol. The van der Waals surface area contributed by atoms with Crippen LogP contribution < -0.4 is 0 Å². The Morgan fingerprint density at radius 2 is 2.05 bits per heavy atom. The zero-order valence-corrected chi connectivity index (χ0v) is 13.1. The summed E-state index contributed by atoms with van der Waals surface area (Å²) in [7, 11) is 1.65. The summed E-state index contributed by atoms with van der Waals surface area (Å²) in [5.74, 6) is 0.0529. The van der Waals surface area contributed by atoms with Gasteiger partial charge in [-0.1, -0.05) is 13.3 Å². The van der Waals surface area contributed by atoms with Crippen molar-refractivity contribution in [3.8, 4) is 0 Å². The number of amides is 1. The van der Waals surface area contributed by atoms with Gasteiger partial charge < -0.3 is 19.1 Å². The molecule has 1 heterocycles. The molecule has 21 heavy (non-hydrogen) atoms. The van der Waals surface area contributed by atoms with Gasteiger partial charge in [0, 0.05) is 26.7 Å². The molecule has 0 saturated carbocycles. The van der Waals surface area contributed by atoms with Gasteiger partial charge >= 0.3 is 6.09 Å². The lowest BCUT2D eigenvalue weighted by atomic mass is 10.1. The first-order valence-electron chi connectivity index (χ1n) is 7.74. The lowest BCUT2D eigenvalue weighted by Gasteiger charge is -2.31. The molecule has 1 atom stereocenters. The zero-order valence-electron chi connectivity index (χ0n) is 13.1. The third kappa shape index (κ3) is 6.91. The number of unbranched alkanes of at least 4 members (excludes halogenated alkanes) is 2. The molecule has 0 aromatic heterocycles. The van der Waals surface area contributed by atoms with Gasteiger partial charge in [0.25, 0.3) is 0 Å². The monoisotopic (exact) mass is 301 g/mol. The van der Waals surface area contributed by atoms with Crippen LogP contribution in [0.25, 0.3) is 0 Å². The van der Waals surface area contributed by atoms with Crippen molar-refractivity contribution in [2.24, 2.45) is 0 Å². The van der Waals surface area contributed by atoms with Gasteiger partial charge in [0.05, 0.1) is 19.8 Å². The summed E-state index contributed by atoms with van der Waals surface area (Å²) < 4.78 is 15.6. The highest BCUT2D eigenvalue weighted by atomic mass is 16.6. The molecule has 1 amide bonds. The molecule has 122 valence electrons. The van der Waals surface area contributed by atoms with E-state index in [1.165, 1.54) is 0 Å². The fraction of sp³-hybridized carbons (Fsp3) is 0.867. The molecule has 1 aliphatic rings. The van der Waals surface area contributed by atoms with Crippen LogP contribution in [0, 0.1) is 0 Å². The fourth-order valence-corrected chi connectivity index (χ4v) is 2.11. The van der Waals surface area contributed by atoms with Crippen LogP contribution in [-0.4, -0.2) is 62.9 Å². The van der Waals surface area contributed by atoms with Gasteiger partial charge in [0.15, 0.2) is 5.78 Å². The van der Waals surface area contributed by atoms with E-state index in [4.69, 9.17) is 14.2 Å². The number of Topliss-reactive ketones (excluding diaryl/α,β-unsaturated/α-hetero) is 1. The van der Waals surface area contributed by atoms with Crippen molar-refractivity contribution >= 4 is 11.9 Å². The molecule has 0 N–H and O–H groups in total. The van der Waals surface area contributed by atoms with Gasteiger partial charge in [-0.25, -0.2) is 4.79 Å². The first-order chi connectivity index (χ1) is 10.2. The van der Waals surface area contributed by atoms with E-state index >= 15 is 0 Å². The minimum Gasteiger partial charge on any atom is -0.449 e. The van der Waals surface area contributed by atoms with Gasteiger partial charge in [-0.15, -0.1) is 0 Å². The number of methoxy groups -OCH3 is 1. The maximum absolute atomic E-state index is 12.0. The van der Waals surface area contributed by atoms with Crippen molar-refractivity contribution < 1.29 is 23.8 Å². The molecule has 0 bridgehead atoms. The van der Waals surface area contributed by atoms with Crippen LogP contribution in [0.4, 0.5) is 4.79 Å². The molecular weight excluding hydrogens is 274 g/mol. The molecule has 1 saturated heterocycles. The van der Waals surface area contributed by atoms with Crippen LogP contribution in [0.1, 0.15) is 39.0 Å². The van der Waals surface area contributed by atoms with Crippen molar-refractivity contribution in [2.45, 2.75) is 45.1 Å². The Kier molecular flexibility index (Phi) is 9.01. The Morgan fingerprint density at radius 3 is 2.76 bits per heavy atom. The SMILES string of the molecule is CCCCOC(=O)N1CCO[C@@H](C(=O)CCCCOC)C1. The Balaban J connectivity index is 2.30. The number of carbonyl (C=O) groups is 2. The number of hydrogen-bond donors (Lipinski definition) is 0. The molecule has 0 spiro atoms. The number of hydrogen-bond acceptors (Lipinski definition) is 5. The van der Waals surface area contributed by atoms with Gasteiger partial charge in [0.1, 0.15) is 6.10 Å². The van der Waals surface area contributed by atoms with Crippen LogP contribution in [0.5, 0.6) is 0 Å². The highest BCUT2D eigenvalue weighted by Gasteiger charge is 2.29. The lowest BCUT2D eigenvalue weighted by molar-refractivity contribution is -0.135. The average molecular weight is 301 g/mol. The number of nitrogens with zero attached hydrogens (tertiary/aromatic N) is 1. The summed E-state index contributed by atoms with van der Waals surface area (Å²) in [6.07, 6.45) is 3.10. The largest absolute Gasteiger partial charge is 0.449 e. The summed E-state index contributed by atoms with van der Waals surface area (Å²) in [6.45, 7) is 4.31. The Hall–Kier alpha value is -1.14. The van der Waals surface area contributed by atoms with E-state index in [1.807, 2.05) is 6.92 Å². The highest BCUT2D eigenvalue weighted by molar-refractivity contribution is 5.84. The molecule has 6 heteroatoms. The second kappa shape index (κ2) is 10.6. The molecule has 1 rings (SSSR count). The Bertz CT molecular complexity index is 321. The maximum atomic E-state index is 12.0. The molecule has 0 unspecified atom stereocenters. The van der Waals surface area contributed by atoms with Gasteiger partial charge in [-0.3, -0.25) is 4.79 Å². The third-order valence-corrected chi connectivity index (χ3v) is 3.43. The van der Waals surface area contributed by atoms with Gasteiger partial charge in [-0.2, -0.15) is 0 Å². The second-order valence-corrected chi connectivity index (χ2v) is 5.19. The standard InChI is InChI=1S/C15H27NO5/c1-3-4-10-21-15(18)16-8-11-20-14(12-16)13(17)7-5-6-9-19-2/h14H,3-12H2,1-2H3/t14-/m1/s1. The molecule has 6 nitrogen and oxygen atoms in total. The zero-order chi connectivity index (χ0) is 15.5. The lowest BCUT2D eigenvalue weighted by Crippen LogP contribution is -2.48. The van der Waals surface area contributed by atoms with E-state index in [2.05, 4.69) is 0 Å². The van der Waals surface area contributed by atoms with E-state index in [9.17, 15) is 9.59 Å². The second-order valence-electron chi connectivity index (χ2n) is 5.19. The van der Waals surface area contributed by atoms with Crippen LogP contribution in [-0.2, 0) is 19.0 Å². The molecule has 1 aliphatic heterocycles. The van der Waals surface area contributed by atoms with E-state index in [1.54, 1.807) is 12.0 Å². The normalized spacial score (nSPS) is 18.6. The van der Waals surface area contributed by atoms with Gasteiger partial charge in [0.2, 0.25) is 0 Å². The first kappa shape index (κ1) is 17.9. The maximum Gasteiger partial charge on any atom is 0.409 e. The molecule has 0 aromatic carbocycles. The molecule has 0 aromatic rings. The predicted octanol–water partition coefficient (Wildman–Crippen LogP) is 2.01. The van der Waals surface area contributed by atoms with Crippen LogP contribution in [0.2, 0.25) is 0 Å². The number of carbonyl (C=O) groups excluding carboxylic acids is 2. The van der Waals surface area contributed by atoms with Crippen molar-refractivity contribution in [1.29, 1.82) is 0 Å². The fourth-order valence-electron chi connectivity index (χ4n) is 2.11. The minimum absolute atomic E-state index is 0.0529. The number of ether oxygens (including phenoxy) is 3. The smallest absolute Gasteiger partial charge is 0.409 e. The van der Waals surface area contributed by atoms with Crippen molar-refractivity contribution in [3.05, 3.63) is 0 Å². The summed E-state index contributed by atoms with van der Waals surface area (Å²) in [5, 5.41) is 0.